The summed E-state index contributed by atoms with van der Waals surface area (Å²) in [6.45, 7) is 10.3. The van der Waals surface area contributed by atoms with Crippen molar-refractivity contribution in [3.63, 3.8) is 0 Å². The first-order valence-electron chi connectivity index (χ1n) is 10.9. The van der Waals surface area contributed by atoms with Crippen LogP contribution in [0.3, 0.4) is 0 Å². The van der Waals surface area contributed by atoms with Crippen molar-refractivity contribution < 1.29 is 14.3 Å². The molecule has 2 aliphatic heterocycles. The van der Waals surface area contributed by atoms with E-state index in [1.54, 1.807) is 22.0 Å². The van der Waals surface area contributed by atoms with E-state index in [9.17, 15) is 9.59 Å². The van der Waals surface area contributed by atoms with Crippen molar-refractivity contribution in [3.05, 3.63) is 29.3 Å². The van der Waals surface area contributed by atoms with E-state index in [0.29, 0.717) is 57.1 Å². The predicted molar refractivity (Wildman–Crippen MR) is 111 cm³/mol. The van der Waals surface area contributed by atoms with E-state index in [0.717, 1.165) is 18.7 Å². The van der Waals surface area contributed by atoms with Crippen LogP contribution < -0.4 is 5.32 Å². The number of aromatic nitrogens is 5. The van der Waals surface area contributed by atoms with Gasteiger partial charge in [-0.3, -0.25) is 9.48 Å². The van der Waals surface area contributed by atoms with E-state index < -0.39 is 5.60 Å². The van der Waals surface area contributed by atoms with Crippen LogP contribution in [-0.4, -0.2) is 78.3 Å². The van der Waals surface area contributed by atoms with Gasteiger partial charge in [0, 0.05) is 32.4 Å². The highest BCUT2D eigenvalue weighted by Crippen LogP contribution is 2.33. The van der Waals surface area contributed by atoms with E-state index >= 15 is 0 Å². The van der Waals surface area contributed by atoms with Crippen molar-refractivity contribution in [1.82, 2.24) is 39.9 Å². The second kappa shape index (κ2) is 8.66. The van der Waals surface area contributed by atoms with Crippen molar-refractivity contribution in [3.8, 4) is 0 Å². The van der Waals surface area contributed by atoms with Gasteiger partial charge >= 0.3 is 6.03 Å². The molecule has 1 saturated heterocycles. The molecule has 1 spiro atoms. The Labute approximate surface area is 181 Å². The van der Waals surface area contributed by atoms with Crippen molar-refractivity contribution >= 4 is 11.9 Å². The molecule has 4 heterocycles. The lowest BCUT2D eigenvalue weighted by molar-refractivity contribution is -0.0828. The number of ether oxygens (including phenoxy) is 1. The number of rotatable bonds is 6. The van der Waals surface area contributed by atoms with Gasteiger partial charge in [0.15, 0.2) is 0 Å². The minimum Gasteiger partial charge on any atom is -0.365 e. The molecule has 1 N–H and O–H groups in total. The number of hydrogen-bond acceptors (Lipinski definition) is 6. The number of fused-ring (bicyclic) bond motifs is 1. The first-order chi connectivity index (χ1) is 15.0. The number of amides is 3. The van der Waals surface area contributed by atoms with Gasteiger partial charge in [-0.25, -0.2) is 9.48 Å². The monoisotopic (exact) mass is 430 g/mol. The van der Waals surface area contributed by atoms with Gasteiger partial charge in [-0.05, 0) is 27.2 Å². The van der Waals surface area contributed by atoms with E-state index in [1.165, 1.54) is 0 Å². The molecule has 0 aliphatic carbocycles. The first kappa shape index (κ1) is 21.3. The van der Waals surface area contributed by atoms with Crippen LogP contribution in [0, 0.1) is 0 Å². The largest absolute Gasteiger partial charge is 0.365 e. The molecular formula is C20H30N8O3. The quantitative estimate of drug-likeness (QED) is 0.728. The van der Waals surface area contributed by atoms with Gasteiger partial charge in [0.2, 0.25) is 0 Å². The van der Waals surface area contributed by atoms with Crippen LogP contribution >= 0.6 is 0 Å². The highest BCUT2D eigenvalue weighted by Gasteiger charge is 2.45. The third-order valence-corrected chi connectivity index (χ3v) is 6.14. The second-order valence-electron chi connectivity index (χ2n) is 8.00. The number of urea groups is 1. The van der Waals surface area contributed by atoms with E-state index in [-0.39, 0.29) is 11.9 Å². The first-order valence-corrected chi connectivity index (χ1v) is 10.9. The molecular weight excluding hydrogens is 400 g/mol. The van der Waals surface area contributed by atoms with E-state index in [1.807, 2.05) is 30.4 Å². The lowest BCUT2D eigenvalue weighted by Crippen LogP contribution is -2.45. The molecule has 31 heavy (non-hydrogen) atoms. The number of likely N-dealkylation sites (tertiary alicyclic amines) is 1. The zero-order valence-electron chi connectivity index (χ0n) is 18.4. The fraction of sp³-hybridized carbons (Fsp3) is 0.650. The number of nitrogens with zero attached hydrogens (tertiary/aromatic N) is 7. The van der Waals surface area contributed by atoms with Crippen LogP contribution in [0.15, 0.2) is 12.4 Å². The van der Waals surface area contributed by atoms with Gasteiger partial charge in [-0.1, -0.05) is 5.21 Å². The van der Waals surface area contributed by atoms with Gasteiger partial charge in [0.1, 0.15) is 11.3 Å². The average molecular weight is 431 g/mol. The predicted octanol–water partition coefficient (Wildman–Crippen LogP) is 0.861. The van der Waals surface area contributed by atoms with Crippen molar-refractivity contribution in [2.24, 2.45) is 0 Å². The van der Waals surface area contributed by atoms with Gasteiger partial charge in [0.25, 0.3) is 5.91 Å². The Kier molecular flexibility index (Phi) is 5.94. The van der Waals surface area contributed by atoms with E-state index in [4.69, 9.17) is 4.74 Å². The fourth-order valence-corrected chi connectivity index (χ4v) is 4.21. The number of carbonyl (C=O) groups is 2. The lowest BCUT2D eigenvalue weighted by atomic mass is 10.0. The zero-order chi connectivity index (χ0) is 22.0. The van der Waals surface area contributed by atoms with Gasteiger partial charge < -0.3 is 19.9 Å². The molecule has 2 aliphatic rings. The van der Waals surface area contributed by atoms with Crippen molar-refractivity contribution in [1.29, 1.82) is 0 Å². The summed E-state index contributed by atoms with van der Waals surface area (Å²) in [5.74, 6) is -0.0237. The SMILES string of the molecule is CCN(CC)C(=O)NCc1nnn2c1COC1(CCN(C(=O)c3cnn(CC)c3)C1)C2. The highest BCUT2D eigenvalue weighted by atomic mass is 16.5. The summed E-state index contributed by atoms with van der Waals surface area (Å²) in [5.41, 5.74) is 1.73. The van der Waals surface area contributed by atoms with Gasteiger partial charge in [-0.15, -0.1) is 5.10 Å². The topological polar surface area (TPSA) is 110 Å². The summed E-state index contributed by atoms with van der Waals surface area (Å²) in [7, 11) is 0. The molecule has 3 amide bonds. The molecule has 0 bridgehead atoms. The maximum absolute atomic E-state index is 12.8. The van der Waals surface area contributed by atoms with Crippen LogP contribution in [0.5, 0.6) is 0 Å². The number of hydrogen-bond donors (Lipinski definition) is 1. The standard InChI is InChI=1S/C20H30N8O3/c1-4-25(5-2)19(30)21-10-16-17-12-31-20(14-28(17)24-23-16)7-8-26(13-20)18(29)15-9-22-27(6-3)11-15/h9,11H,4-8,10,12-14H2,1-3H3,(H,21,30). The molecule has 0 saturated carbocycles. The highest BCUT2D eigenvalue weighted by molar-refractivity contribution is 5.94. The Morgan fingerprint density at radius 2 is 2.06 bits per heavy atom. The molecule has 1 atom stereocenters. The maximum atomic E-state index is 12.8. The van der Waals surface area contributed by atoms with Crippen LogP contribution in [-0.2, 0) is 31.0 Å². The molecule has 1 unspecified atom stereocenters. The molecule has 11 heteroatoms. The molecule has 4 rings (SSSR count). The van der Waals surface area contributed by atoms with Crippen molar-refractivity contribution in [2.45, 2.75) is 59.0 Å². The van der Waals surface area contributed by atoms with Crippen LogP contribution in [0.2, 0.25) is 0 Å². The van der Waals surface area contributed by atoms with Crippen LogP contribution in [0.4, 0.5) is 4.79 Å². The fourth-order valence-electron chi connectivity index (χ4n) is 4.21. The Bertz CT molecular complexity index is 950. The summed E-state index contributed by atoms with van der Waals surface area (Å²) >= 11 is 0. The minimum absolute atomic E-state index is 0.0237. The molecule has 0 radical (unpaired) electrons. The third kappa shape index (κ3) is 4.14. The molecule has 2 aromatic heterocycles. The number of carbonyl (C=O) groups excluding carboxylic acids is 2. The normalized spacial score (nSPS) is 20.2. The summed E-state index contributed by atoms with van der Waals surface area (Å²) < 4.78 is 9.85. The summed E-state index contributed by atoms with van der Waals surface area (Å²) in [6.07, 6.45) is 4.14. The molecule has 168 valence electrons. The molecule has 1 fully saturated rings. The second-order valence-corrected chi connectivity index (χ2v) is 8.00. The van der Waals surface area contributed by atoms with Gasteiger partial charge in [-0.2, -0.15) is 5.10 Å². The summed E-state index contributed by atoms with van der Waals surface area (Å²) in [5, 5.41) is 15.6. The molecule has 0 aromatic carbocycles. The Morgan fingerprint density at radius 3 is 2.77 bits per heavy atom. The molecule has 11 nitrogen and oxygen atoms in total. The maximum Gasteiger partial charge on any atom is 0.317 e. The molecule has 2 aromatic rings. The number of aryl methyl sites for hydroxylation is 1. The van der Waals surface area contributed by atoms with E-state index in [2.05, 4.69) is 20.7 Å². The lowest BCUT2D eigenvalue weighted by Gasteiger charge is -2.33. The Morgan fingerprint density at radius 1 is 1.26 bits per heavy atom. The average Bonchev–Trinajstić information content (AvgIpc) is 3.51. The van der Waals surface area contributed by atoms with Crippen LogP contribution in [0.25, 0.3) is 0 Å². The third-order valence-electron chi connectivity index (χ3n) is 6.14. The van der Waals surface area contributed by atoms with Crippen LogP contribution in [0.1, 0.15) is 48.9 Å². The zero-order valence-corrected chi connectivity index (χ0v) is 18.4. The van der Waals surface area contributed by atoms with Gasteiger partial charge in [0.05, 0.1) is 43.7 Å². The Hall–Kier alpha value is -2.95. The summed E-state index contributed by atoms with van der Waals surface area (Å²) in [4.78, 5) is 28.6. The smallest absolute Gasteiger partial charge is 0.317 e. The minimum atomic E-state index is -0.459. The number of nitrogens with one attached hydrogen (secondary N) is 1. The Balaban J connectivity index is 1.38. The summed E-state index contributed by atoms with van der Waals surface area (Å²) in [6, 6.07) is -0.115. The van der Waals surface area contributed by atoms with Crippen molar-refractivity contribution in [2.75, 3.05) is 26.2 Å².